The number of aromatic nitrogens is 1. The molecule has 39 heavy (non-hydrogen) atoms. The summed E-state index contributed by atoms with van der Waals surface area (Å²) >= 11 is 1.68. The van der Waals surface area contributed by atoms with Crippen molar-refractivity contribution in [1.82, 2.24) is 9.88 Å². The minimum absolute atomic E-state index is 0.00161. The first kappa shape index (κ1) is 25.6. The van der Waals surface area contributed by atoms with Crippen LogP contribution in [0.1, 0.15) is 55.0 Å². The number of fused-ring (bicyclic) bond motifs is 3. The molecule has 3 aliphatic rings. The molecule has 0 unspecified atom stereocenters. The van der Waals surface area contributed by atoms with Crippen LogP contribution in [0.4, 0.5) is 11.5 Å². The van der Waals surface area contributed by atoms with E-state index in [1.165, 1.54) is 4.90 Å². The van der Waals surface area contributed by atoms with Crippen molar-refractivity contribution in [2.75, 3.05) is 23.4 Å². The van der Waals surface area contributed by atoms with Crippen LogP contribution in [0.25, 0.3) is 0 Å². The van der Waals surface area contributed by atoms with Gasteiger partial charge in [-0.25, -0.2) is 4.98 Å². The van der Waals surface area contributed by atoms with Gasteiger partial charge < -0.3 is 15.5 Å². The predicted octanol–water partition coefficient (Wildman–Crippen LogP) is 5.12. The third-order valence-electron chi connectivity index (χ3n) is 8.54. The van der Waals surface area contributed by atoms with Crippen molar-refractivity contribution in [3.8, 4) is 0 Å². The highest BCUT2D eigenvalue weighted by atomic mass is 32.2. The van der Waals surface area contributed by atoms with Crippen molar-refractivity contribution in [3.63, 3.8) is 0 Å². The van der Waals surface area contributed by atoms with Crippen molar-refractivity contribution < 1.29 is 14.4 Å². The van der Waals surface area contributed by atoms with Crippen LogP contribution in [0.5, 0.6) is 0 Å². The molecule has 2 atom stereocenters. The Hall–Kier alpha value is -3.65. The van der Waals surface area contributed by atoms with Crippen molar-refractivity contribution in [2.24, 2.45) is 5.41 Å². The van der Waals surface area contributed by atoms with E-state index in [9.17, 15) is 14.4 Å². The normalized spacial score (nSPS) is 22.9. The van der Waals surface area contributed by atoms with Crippen molar-refractivity contribution in [1.29, 1.82) is 0 Å². The summed E-state index contributed by atoms with van der Waals surface area (Å²) in [6.07, 6.45) is 6.47. The highest BCUT2D eigenvalue weighted by molar-refractivity contribution is 7.98. The van der Waals surface area contributed by atoms with Crippen LogP contribution < -0.4 is 10.6 Å². The van der Waals surface area contributed by atoms with Crippen molar-refractivity contribution in [3.05, 3.63) is 83.0 Å². The van der Waals surface area contributed by atoms with E-state index >= 15 is 0 Å². The molecule has 2 N–H and O–H groups in total. The van der Waals surface area contributed by atoms with E-state index in [1.54, 1.807) is 22.9 Å². The zero-order valence-corrected chi connectivity index (χ0v) is 23.2. The van der Waals surface area contributed by atoms with Crippen LogP contribution in [-0.2, 0) is 32.6 Å². The molecule has 1 fully saturated rings. The highest BCUT2D eigenvalue weighted by Crippen LogP contribution is 2.47. The largest absolute Gasteiger partial charge is 0.326 e. The summed E-state index contributed by atoms with van der Waals surface area (Å²) in [5.41, 5.74) is 3.63. The van der Waals surface area contributed by atoms with E-state index in [0.29, 0.717) is 24.3 Å². The smallest absolute Gasteiger partial charge is 0.244 e. The van der Waals surface area contributed by atoms with Gasteiger partial charge in [-0.15, -0.1) is 11.8 Å². The second-order valence-electron chi connectivity index (χ2n) is 11.5. The van der Waals surface area contributed by atoms with Gasteiger partial charge >= 0.3 is 0 Å². The Morgan fingerprint density at radius 1 is 1.10 bits per heavy atom. The lowest BCUT2D eigenvalue weighted by Gasteiger charge is -2.43. The van der Waals surface area contributed by atoms with E-state index in [-0.39, 0.29) is 30.3 Å². The summed E-state index contributed by atoms with van der Waals surface area (Å²) in [5, 5.41) is 5.95. The molecule has 1 aromatic heterocycles. The van der Waals surface area contributed by atoms with Gasteiger partial charge in [0.05, 0.1) is 11.5 Å². The SMILES string of the molecule is CSc1ccc([C@@H]2CCC(C)(C)C(=O)N2CC(=O)Nc2ccc3c(c2)C[C@@]2(C3)C(=O)Nc3ncccc32)cc1. The number of hydrogen-bond acceptors (Lipinski definition) is 5. The molecule has 0 radical (unpaired) electrons. The highest BCUT2D eigenvalue weighted by Gasteiger charge is 2.51. The fourth-order valence-corrected chi connectivity index (χ4v) is 6.75. The van der Waals surface area contributed by atoms with Crippen molar-refractivity contribution >= 4 is 41.0 Å². The van der Waals surface area contributed by atoms with E-state index in [2.05, 4.69) is 39.9 Å². The van der Waals surface area contributed by atoms with Crippen LogP contribution >= 0.6 is 11.8 Å². The Labute approximate surface area is 232 Å². The maximum absolute atomic E-state index is 13.5. The van der Waals surface area contributed by atoms with Crippen LogP contribution in [0, 0.1) is 5.41 Å². The third-order valence-corrected chi connectivity index (χ3v) is 9.28. The minimum atomic E-state index is -0.653. The molecule has 6 rings (SSSR count). The summed E-state index contributed by atoms with van der Waals surface area (Å²) in [7, 11) is 0. The number of carbonyl (C=O) groups is 3. The maximum Gasteiger partial charge on any atom is 0.244 e. The van der Waals surface area contributed by atoms with Gasteiger partial charge in [-0.2, -0.15) is 0 Å². The van der Waals surface area contributed by atoms with Gasteiger partial charge in [0.1, 0.15) is 12.4 Å². The molecule has 0 saturated carbocycles. The Balaban J connectivity index is 1.20. The molecule has 1 saturated heterocycles. The van der Waals surface area contributed by atoms with Crippen LogP contribution in [0.3, 0.4) is 0 Å². The topological polar surface area (TPSA) is 91.4 Å². The molecule has 3 aromatic rings. The number of piperidine rings is 1. The molecule has 200 valence electrons. The minimum Gasteiger partial charge on any atom is -0.326 e. The lowest BCUT2D eigenvalue weighted by molar-refractivity contribution is -0.150. The fourth-order valence-electron chi connectivity index (χ4n) is 6.35. The molecule has 8 heteroatoms. The number of amides is 3. The van der Waals surface area contributed by atoms with Crippen LogP contribution in [-0.4, -0.2) is 40.4 Å². The molecular formula is C31H32N4O3S. The Morgan fingerprint density at radius 3 is 2.64 bits per heavy atom. The summed E-state index contributed by atoms with van der Waals surface area (Å²) in [6, 6.07) is 17.8. The molecular weight excluding hydrogens is 508 g/mol. The molecule has 0 bridgehead atoms. The van der Waals surface area contributed by atoms with E-state index < -0.39 is 10.8 Å². The maximum atomic E-state index is 13.5. The van der Waals surface area contributed by atoms with E-state index in [1.807, 2.05) is 50.4 Å². The van der Waals surface area contributed by atoms with E-state index in [4.69, 9.17) is 0 Å². The first-order chi connectivity index (χ1) is 18.7. The number of hydrogen-bond donors (Lipinski definition) is 2. The average Bonchev–Trinajstić information content (AvgIpc) is 3.44. The average molecular weight is 541 g/mol. The molecule has 3 heterocycles. The third kappa shape index (κ3) is 4.40. The second-order valence-corrected chi connectivity index (χ2v) is 12.3. The van der Waals surface area contributed by atoms with Crippen molar-refractivity contribution in [2.45, 2.75) is 55.9 Å². The summed E-state index contributed by atoms with van der Waals surface area (Å²) < 4.78 is 0. The van der Waals surface area contributed by atoms with Crippen LogP contribution in [0.15, 0.2) is 65.7 Å². The van der Waals surface area contributed by atoms with Crippen LogP contribution in [0.2, 0.25) is 0 Å². The van der Waals surface area contributed by atoms with Gasteiger partial charge in [-0.1, -0.05) is 38.1 Å². The van der Waals surface area contributed by atoms with Gasteiger partial charge in [0.15, 0.2) is 0 Å². The number of benzene rings is 2. The van der Waals surface area contributed by atoms with Gasteiger partial charge in [0.25, 0.3) is 0 Å². The fraction of sp³-hybridized carbons (Fsp3) is 0.355. The van der Waals surface area contributed by atoms with Gasteiger partial charge in [0, 0.05) is 27.8 Å². The summed E-state index contributed by atoms with van der Waals surface area (Å²) in [4.78, 5) is 47.0. The zero-order chi connectivity index (χ0) is 27.4. The van der Waals surface area contributed by atoms with Gasteiger partial charge in [0.2, 0.25) is 17.7 Å². The second kappa shape index (κ2) is 9.52. The first-order valence-corrected chi connectivity index (χ1v) is 14.6. The predicted molar refractivity (Wildman–Crippen MR) is 153 cm³/mol. The molecule has 7 nitrogen and oxygen atoms in total. The number of rotatable bonds is 5. The Bertz CT molecular complexity index is 1490. The monoisotopic (exact) mass is 540 g/mol. The number of anilines is 2. The molecule has 2 aliphatic heterocycles. The summed E-state index contributed by atoms with van der Waals surface area (Å²) in [5.74, 6) is 0.377. The molecule has 3 amide bonds. The Morgan fingerprint density at radius 2 is 1.87 bits per heavy atom. The zero-order valence-electron chi connectivity index (χ0n) is 22.4. The van der Waals surface area contributed by atoms with E-state index in [0.717, 1.165) is 35.1 Å². The number of thioether (sulfide) groups is 1. The first-order valence-electron chi connectivity index (χ1n) is 13.3. The number of likely N-dealkylation sites (tertiary alicyclic amines) is 1. The molecule has 1 spiro atoms. The number of nitrogens with zero attached hydrogens (tertiary/aromatic N) is 2. The van der Waals surface area contributed by atoms with Gasteiger partial charge in [-0.3, -0.25) is 14.4 Å². The number of nitrogens with one attached hydrogen (secondary N) is 2. The number of carbonyl (C=O) groups excluding carboxylic acids is 3. The molecule has 2 aromatic carbocycles. The molecule has 1 aliphatic carbocycles. The lowest BCUT2D eigenvalue weighted by Crippen LogP contribution is -2.50. The number of pyridine rings is 1. The summed E-state index contributed by atoms with van der Waals surface area (Å²) in [6.45, 7) is 3.90. The van der Waals surface area contributed by atoms with Gasteiger partial charge in [-0.05, 0) is 79.0 Å². The standard InChI is InChI=1S/C31H32N4O3S/c1-30(2)13-12-25(19-7-10-23(39-3)11-8-19)35(29(30)38)18-26(36)33-22-9-6-20-16-31(17-21(20)15-22)24-5-4-14-32-27(24)34-28(31)37/h4-11,14-15,25H,12-13,16-18H2,1-3H3,(H,33,36)(H,32,34,37)/t25-,31+/m0/s1. The Kier molecular flexibility index (Phi) is 6.25. The quantitative estimate of drug-likeness (QED) is 0.439. The lowest BCUT2D eigenvalue weighted by atomic mass is 9.78.